The second-order valence-corrected chi connectivity index (χ2v) is 9.03. The summed E-state index contributed by atoms with van der Waals surface area (Å²) in [6, 6.07) is 3.39. The van der Waals surface area contributed by atoms with Gasteiger partial charge in [0.05, 0.1) is 17.8 Å². The average molecular weight is 515 g/mol. The maximum absolute atomic E-state index is 11.4. The first-order valence-electron chi connectivity index (χ1n) is 9.12. The fourth-order valence-corrected chi connectivity index (χ4v) is 5.43. The van der Waals surface area contributed by atoms with Crippen LogP contribution in [0.3, 0.4) is 0 Å². The first-order valence-corrected chi connectivity index (χ1v) is 11.3. The van der Waals surface area contributed by atoms with Crippen molar-refractivity contribution in [2.24, 2.45) is 0 Å². The van der Waals surface area contributed by atoms with Gasteiger partial charge in [-0.05, 0) is 6.07 Å². The Morgan fingerprint density at radius 1 is 1.47 bits per heavy atom. The number of aromatic nitrogens is 5. The number of aliphatic hydroxyl groups excluding tert-OH is 2. The number of thiol groups is 1. The first kappa shape index (κ1) is 23.3. The molecule has 2 N–H and O–H groups in total. The van der Waals surface area contributed by atoms with Crippen molar-refractivity contribution in [3.8, 4) is 16.8 Å². The molecule has 0 aromatic carbocycles. The third kappa shape index (κ3) is 3.68. The van der Waals surface area contributed by atoms with Crippen molar-refractivity contribution < 1.29 is 19.7 Å². The lowest BCUT2D eigenvalue weighted by atomic mass is 9.76. The Labute approximate surface area is 201 Å². The number of rotatable bonds is 5. The van der Waals surface area contributed by atoms with Crippen molar-refractivity contribution in [3.63, 3.8) is 0 Å². The predicted octanol–water partition coefficient (Wildman–Crippen LogP) is 1.74. The van der Waals surface area contributed by atoms with E-state index in [0.29, 0.717) is 21.4 Å². The summed E-state index contributed by atoms with van der Waals surface area (Å²) in [4.78, 5) is 8.31. The molecule has 14 heteroatoms. The number of ether oxygens (including phenoxy) is 2. The Balaban J connectivity index is 1.97. The molecular formula is C18H16Cl2N6O4S2. The van der Waals surface area contributed by atoms with Crippen LogP contribution in [-0.2, 0) is 15.0 Å². The molecule has 3 aromatic rings. The van der Waals surface area contributed by atoms with Gasteiger partial charge in [0.15, 0.2) is 5.69 Å². The molecule has 10 nitrogen and oxygen atoms in total. The fourth-order valence-electron chi connectivity index (χ4n) is 3.82. The molecule has 4 rings (SSSR count). The minimum absolute atomic E-state index is 0.0129. The van der Waals surface area contributed by atoms with E-state index in [1.165, 1.54) is 35.4 Å². The highest BCUT2D eigenvalue weighted by molar-refractivity contribution is 7.80. The van der Waals surface area contributed by atoms with Crippen molar-refractivity contribution in [1.29, 1.82) is 5.26 Å². The van der Waals surface area contributed by atoms with E-state index in [4.69, 9.17) is 32.7 Å². The molecule has 4 heterocycles. The van der Waals surface area contributed by atoms with Gasteiger partial charge in [0.2, 0.25) is 0 Å². The molecule has 0 radical (unpaired) electrons. The number of pyridine rings is 1. The molecule has 1 aliphatic heterocycles. The second-order valence-electron chi connectivity index (χ2n) is 6.86. The van der Waals surface area contributed by atoms with Gasteiger partial charge in [-0.15, -0.1) is 29.1 Å². The number of nitriles is 1. The van der Waals surface area contributed by atoms with Crippen molar-refractivity contribution in [2.75, 3.05) is 13.7 Å². The van der Waals surface area contributed by atoms with Crippen LogP contribution < -0.4 is 0 Å². The van der Waals surface area contributed by atoms with Gasteiger partial charge in [-0.25, -0.2) is 14.6 Å². The number of hydrogen-bond donors (Lipinski definition) is 3. The molecule has 32 heavy (non-hydrogen) atoms. The molecule has 1 saturated heterocycles. The SMILES string of the molecule is CO[C@@H]1[C@H](S)O[C@@H](CO)[C@@H](O)[C@@]1(c1cnc(C#N)c(Cl)c1)n1cc(-c2nc(Cl)cs2)nn1. The van der Waals surface area contributed by atoms with Gasteiger partial charge in [0, 0.05) is 24.3 Å². The van der Waals surface area contributed by atoms with Crippen LogP contribution in [-0.4, -0.2) is 72.6 Å². The third-order valence-corrected chi connectivity index (χ3v) is 7.09. The normalized spacial score (nSPS) is 27.9. The molecule has 3 aromatic heterocycles. The van der Waals surface area contributed by atoms with Gasteiger partial charge in [0.1, 0.15) is 51.2 Å². The van der Waals surface area contributed by atoms with E-state index in [2.05, 4.69) is 32.9 Å². The third-order valence-electron chi connectivity index (χ3n) is 5.22. The molecule has 5 atom stereocenters. The van der Waals surface area contributed by atoms with Gasteiger partial charge in [0.25, 0.3) is 0 Å². The van der Waals surface area contributed by atoms with E-state index in [0.717, 1.165) is 0 Å². The molecule has 0 unspecified atom stereocenters. The summed E-state index contributed by atoms with van der Waals surface area (Å²) in [5.41, 5.74) is -1.63. The monoisotopic (exact) mass is 514 g/mol. The van der Waals surface area contributed by atoms with Crippen LogP contribution in [0.4, 0.5) is 0 Å². The Morgan fingerprint density at radius 2 is 2.25 bits per heavy atom. The maximum Gasteiger partial charge on any atom is 0.159 e. The van der Waals surface area contributed by atoms with Crippen molar-refractivity contribution in [2.45, 2.75) is 29.3 Å². The topological polar surface area (TPSA) is 139 Å². The van der Waals surface area contributed by atoms with Gasteiger partial charge < -0.3 is 19.7 Å². The van der Waals surface area contributed by atoms with Gasteiger partial charge in [-0.1, -0.05) is 28.4 Å². The van der Waals surface area contributed by atoms with Gasteiger partial charge in [-0.3, -0.25) is 0 Å². The van der Waals surface area contributed by atoms with Crippen LogP contribution in [0.25, 0.3) is 10.7 Å². The highest BCUT2D eigenvalue weighted by Gasteiger charge is 2.59. The largest absolute Gasteiger partial charge is 0.394 e. The molecule has 0 amide bonds. The number of thiazole rings is 1. The molecule has 168 valence electrons. The average Bonchev–Trinajstić information content (AvgIpc) is 3.44. The van der Waals surface area contributed by atoms with Crippen molar-refractivity contribution >= 4 is 47.2 Å². The van der Waals surface area contributed by atoms with Crippen LogP contribution in [0.1, 0.15) is 11.3 Å². The number of nitrogens with zero attached hydrogens (tertiary/aromatic N) is 6. The second kappa shape index (κ2) is 9.20. The maximum atomic E-state index is 11.4. The quantitative estimate of drug-likeness (QED) is 0.434. The molecule has 1 aliphatic rings. The molecule has 0 saturated carbocycles. The Kier molecular flexibility index (Phi) is 6.71. The van der Waals surface area contributed by atoms with E-state index in [1.54, 1.807) is 11.6 Å². The predicted molar refractivity (Wildman–Crippen MR) is 119 cm³/mol. The van der Waals surface area contributed by atoms with E-state index < -0.39 is 35.9 Å². The lowest BCUT2D eigenvalue weighted by Crippen LogP contribution is -2.67. The Bertz CT molecular complexity index is 1170. The van der Waals surface area contributed by atoms with Gasteiger partial charge >= 0.3 is 0 Å². The number of halogens is 2. The molecule has 0 bridgehead atoms. The summed E-state index contributed by atoms with van der Waals surface area (Å²) < 4.78 is 12.8. The standard InChI is InChI=1S/C18H16Cl2N6O4S2/c1-29-15-17(31)30-12(6-27)14(28)18(15,8-2-9(19)10(3-21)22-4-8)26-5-11(24-25-26)16-23-13(20)7-32-16/h2,4-5,7,12,14-15,17,27-28,31H,6H2,1H3/t12-,14+,15+,17-,18+/m0/s1. The summed E-state index contributed by atoms with van der Waals surface area (Å²) >= 11 is 18.0. The van der Waals surface area contributed by atoms with E-state index >= 15 is 0 Å². The zero-order valence-corrected chi connectivity index (χ0v) is 19.6. The summed E-state index contributed by atoms with van der Waals surface area (Å²) in [6.45, 7) is -0.502. The van der Waals surface area contributed by atoms with Crippen LogP contribution in [0.15, 0.2) is 23.8 Å². The van der Waals surface area contributed by atoms with Gasteiger partial charge in [-0.2, -0.15) is 5.26 Å². The first-order chi connectivity index (χ1) is 15.4. The van der Waals surface area contributed by atoms with Crippen LogP contribution in [0.2, 0.25) is 10.2 Å². The Morgan fingerprint density at radius 3 is 2.84 bits per heavy atom. The summed E-state index contributed by atoms with van der Waals surface area (Å²) in [6.07, 6.45) is -0.400. The number of hydrogen-bond acceptors (Lipinski definition) is 11. The van der Waals surface area contributed by atoms with Crippen molar-refractivity contribution in [3.05, 3.63) is 45.3 Å². The summed E-state index contributed by atoms with van der Waals surface area (Å²) in [5, 5.41) is 41.5. The van der Waals surface area contributed by atoms with Crippen LogP contribution in [0.5, 0.6) is 0 Å². The lowest BCUT2D eigenvalue weighted by Gasteiger charge is -2.51. The summed E-state index contributed by atoms with van der Waals surface area (Å²) in [7, 11) is 1.43. The highest BCUT2D eigenvalue weighted by atomic mass is 35.5. The highest BCUT2D eigenvalue weighted by Crippen LogP contribution is 2.44. The smallest absolute Gasteiger partial charge is 0.159 e. The van der Waals surface area contributed by atoms with Crippen LogP contribution in [0, 0.1) is 11.3 Å². The number of aliphatic hydroxyl groups is 2. The molecule has 0 aliphatic carbocycles. The summed E-state index contributed by atoms with van der Waals surface area (Å²) in [5.74, 6) is 0. The number of methoxy groups -OCH3 is 1. The Hall–Kier alpha value is -1.82. The lowest BCUT2D eigenvalue weighted by molar-refractivity contribution is -0.213. The molecule has 0 spiro atoms. The minimum Gasteiger partial charge on any atom is -0.394 e. The minimum atomic E-state index is -1.52. The fraction of sp³-hybridized carbons (Fsp3) is 0.389. The molecule has 1 fully saturated rings. The van der Waals surface area contributed by atoms with E-state index in [-0.39, 0.29) is 10.7 Å². The van der Waals surface area contributed by atoms with Crippen LogP contribution >= 0.6 is 47.2 Å². The van der Waals surface area contributed by atoms with E-state index in [9.17, 15) is 15.5 Å². The molecular weight excluding hydrogens is 499 g/mol. The zero-order valence-electron chi connectivity index (χ0n) is 16.3. The zero-order chi connectivity index (χ0) is 23.0. The van der Waals surface area contributed by atoms with Crippen molar-refractivity contribution in [1.82, 2.24) is 25.0 Å². The van der Waals surface area contributed by atoms with E-state index in [1.807, 2.05) is 6.07 Å².